The Kier molecular flexibility index (Phi) is 2.18. The van der Waals surface area contributed by atoms with Gasteiger partial charge in [-0.3, -0.25) is 0 Å². The molecule has 4 heteroatoms. The Bertz CT molecular complexity index is 299. The summed E-state index contributed by atoms with van der Waals surface area (Å²) in [6.07, 6.45) is -0.575. The Morgan fingerprint density at radius 3 is 2.62 bits per heavy atom. The highest BCUT2D eigenvalue weighted by molar-refractivity contribution is 5.34. The van der Waals surface area contributed by atoms with Gasteiger partial charge in [0.1, 0.15) is 11.9 Å². The summed E-state index contributed by atoms with van der Waals surface area (Å²) in [5, 5.41) is 13.9. The molecule has 2 unspecified atom stereocenters. The molecule has 0 amide bonds. The molecule has 1 heterocycles. The van der Waals surface area contributed by atoms with Crippen LogP contribution in [-0.2, 0) is 14.8 Å². The third kappa shape index (κ3) is 1.51. The molecule has 0 saturated carbocycles. The van der Waals surface area contributed by atoms with E-state index < -0.39 is 0 Å². The lowest BCUT2D eigenvalue weighted by molar-refractivity contribution is -0.466. The Labute approximate surface area is 75.5 Å². The maximum atomic E-state index is 9.50. The number of rotatable bonds is 1. The van der Waals surface area contributed by atoms with Crippen molar-refractivity contribution in [1.29, 1.82) is 0 Å². The molecule has 0 bridgehead atoms. The molecule has 0 aromatic heterocycles. The zero-order valence-electron chi connectivity index (χ0n) is 7.14. The maximum absolute atomic E-state index is 9.50. The Balaban J connectivity index is 2.29. The van der Waals surface area contributed by atoms with Gasteiger partial charge < -0.3 is 5.11 Å². The molecule has 0 spiro atoms. The Morgan fingerprint density at radius 1 is 1.23 bits per heavy atom. The van der Waals surface area contributed by atoms with Gasteiger partial charge in [0.2, 0.25) is 0 Å². The van der Waals surface area contributed by atoms with Crippen molar-refractivity contribution in [2.45, 2.75) is 19.1 Å². The van der Waals surface area contributed by atoms with E-state index in [-0.39, 0.29) is 18.0 Å². The van der Waals surface area contributed by atoms with Crippen LogP contribution in [0, 0.1) is 0 Å². The average Bonchev–Trinajstić information content (AvgIpc) is 2.52. The van der Waals surface area contributed by atoms with Crippen LogP contribution in [0.15, 0.2) is 24.3 Å². The molecular weight excluding hydrogens is 172 g/mol. The molecule has 1 saturated heterocycles. The van der Waals surface area contributed by atoms with E-state index in [2.05, 4.69) is 5.04 Å². The molecule has 1 aromatic rings. The van der Waals surface area contributed by atoms with Gasteiger partial charge in [-0.05, 0) is 13.0 Å². The monoisotopic (exact) mass is 182 g/mol. The van der Waals surface area contributed by atoms with Gasteiger partial charge in [0.15, 0.2) is 6.10 Å². The van der Waals surface area contributed by atoms with Gasteiger partial charge in [-0.25, -0.2) is 0 Å². The van der Waals surface area contributed by atoms with Crippen molar-refractivity contribution in [2.24, 2.45) is 0 Å². The molecule has 70 valence electrons. The molecule has 1 N–H and O–H groups in total. The van der Waals surface area contributed by atoms with E-state index in [1.165, 1.54) is 0 Å². The molecule has 0 radical (unpaired) electrons. The second-order valence-corrected chi connectivity index (χ2v) is 2.95. The SMILES string of the molecule is CC1OOOC1c1ccccc1O. The lowest BCUT2D eigenvalue weighted by Gasteiger charge is -2.10. The van der Waals surface area contributed by atoms with Crippen LogP contribution in [0.4, 0.5) is 0 Å². The molecule has 1 aliphatic rings. The first-order valence-electron chi connectivity index (χ1n) is 4.06. The van der Waals surface area contributed by atoms with Crippen LogP contribution in [-0.4, -0.2) is 11.2 Å². The zero-order chi connectivity index (χ0) is 9.26. The third-order valence-corrected chi connectivity index (χ3v) is 2.00. The number of benzene rings is 1. The Hall–Kier alpha value is -1.10. The van der Waals surface area contributed by atoms with E-state index in [4.69, 9.17) is 9.78 Å². The van der Waals surface area contributed by atoms with Crippen LogP contribution in [0.1, 0.15) is 18.6 Å². The quantitative estimate of drug-likeness (QED) is 0.672. The van der Waals surface area contributed by atoms with Crippen molar-refractivity contribution in [1.82, 2.24) is 0 Å². The fourth-order valence-electron chi connectivity index (χ4n) is 1.29. The van der Waals surface area contributed by atoms with Crippen molar-refractivity contribution >= 4 is 0 Å². The van der Waals surface area contributed by atoms with E-state index in [1.807, 2.05) is 13.0 Å². The summed E-state index contributed by atoms with van der Waals surface area (Å²) in [5.41, 5.74) is 0.674. The van der Waals surface area contributed by atoms with Crippen LogP contribution >= 0.6 is 0 Å². The first-order chi connectivity index (χ1) is 6.29. The van der Waals surface area contributed by atoms with E-state index in [1.54, 1.807) is 18.2 Å². The number of phenolic OH excluding ortho intramolecular Hbond substituents is 1. The van der Waals surface area contributed by atoms with E-state index in [9.17, 15) is 5.11 Å². The second kappa shape index (κ2) is 3.33. The molecule has 1 aliphatic heterocycles. The fraction of sp³-hybridized carbons (Fsp3) is 0.333. The maximum Gasteiger partial charge on any atom is 0.154 e. The molecule has 13 heavy (non-hydrogen) atoms. The van der Waals surface area contributed by atoms with Gasteiger partial charge >= 0.3 is 0 Å². The predicted molar refractivity (Wildman–Crippen MR) is 43.6 cm³/mol. The summed E-state index contributed by atoms with van der Waals surface area (Å²) < 4.78 is 0. The number of hydrogen-bond acceptors (Lipinski definition) is 4. The highest BCUT2D eigenvalue weighted by atomic mass is 17.5. The highest BCUT2D eigenvalue weighted by Crippen LogP contribution is 2.34. The summed E-state index contributed by atoms with van der Waals surface area (Å²) in [4.78, 5) is 9.59. The van der Waals surface area contributed by atoms with Gasteiger partial charge in [-0.2, -0.15) is 9.78 Å². The minimum atomic E-state index is -0.360. The molecular formula is C9H10O4. The number of aromatic hydroxyl groups is 1. The van der Waals surface area contributed by atoms with Crippen LogP contribution in [0.3, 0.4) is 0 Å². The van der Waals surface area contributed by atoms with Crippen molar-refractivity contribution in [3.05, 3.63) is 29.8 Å². The van der Waals surface area contributed by atoms with Crippen LogP contribution in [0.5, 0.6) is 5.75 Å². The standard InChI is InChI=1S/C9H10O4/c1-6-9(12-13-11-6)7-4-2-3-5-8(7)10/h2-6,9-10H,1H3. The topological polar surface area (TPSA) is 47.9 Å². The molecule has 1 fully saturated rings. The lowest BCUT2D eigenvalue weighted by Crippen LogP contribution is -2.10. The van der Waals surface area contributed by atoms with Crippen molar-refractivity contribution in [3.8, 4) is 5.75 Å². The van der Waals surface area contributed by atoms with Crippen LogP contribution < -0.4 is 0 Å². The van der Waals surface area contributed by atoms with Gasteiger partial charge in [-0.15, -0.1) is 0 Å². The summed E-state index contributed by atoms with van der Waals surface area (Å²) in [6, 6.07) is 6.95. The number of hydrogen-bond donors (Lipinski definition) is 1. The smallest absolute Gasteiger partial charge is 0.154 e. The van der Waals surface area contributed by atoms with E-state index in [0.29, 0.717) is 5.56 Å². The summed E-state index contributed by atoms with van der Waals surface area (Å²) in [6.45, 7) is 1.81. The van der Waals surface area contributed by atoms with Gasteiger partial charge in [0.05, 0.1) is 0 Å². The largest absolute Gasteiger partial charge is 0.508 e. The normalized spacial score (nSPS) is 27.8. The molecule has 4 nitrogen and oxygen atoms in total. The molecule has 2 atom stereocenters. The van der Waals surface area contributed by atoms with Crippen LogP contribution in [0.2, 0.25) is 0 Å². The lowest BCUT2D eigenvalue weighted by atomic mass is 10.0. The summed E-state index contributed by atoms with van der Waals surface area (Å²) >= 11 is 0. The molecule has 0 aliphatic carbocycles. The first-order valence-corrected chi connectivity index (χ1v) is 4.06. The van der Waals surface area contributed by atoms with E-state index >= 15 is 0 Å². The fourth-order valence-corrected chi connectivity index (χ4v) is 1.29. The van der Waals surface area contributed by atoms with Gasteiger partial charge in [0.25, 0.3) is 0 Å². The second-order valence-electron chi connectivity index (χ2n) is 2.95. The summed E-state index contributed by atoms with van der Waals surface area (Å²) in [7, 11) is 0. The highest BCUT2D eigenvalue weighted by Gasteiger charge is 2.31. The van der Waals surface area contributed by atoms with Gasteiger partial charge in [0, 0.05) is 5.56 Å². The Morgan fingerprint density at radius 2 is 2.00 bits per heavy atom. The average molecular weight is 182 g/mol. The number of phenols is 1. The van der Waals surface area contributed by atoms with Crippen molar-refractivity contribution in [3.63, 3.8) is 0 Å². The molecule has 1 aromatic carbocycles. The predicted octanol–water partition coefficient (Wildman–Crippen LogP) is 1.72. The minimum absolute atomic E-state index is 0.188. The first kappa shape index (κ1) is 8.50. The van der Waals surface area contributed by atoms with Crippen LogP contribution in [0.25, 0.3) is 0 Å². The van der Waals surface area contributed by atoms with Crippen molar-refractivity contribution in [2.75, 3.05) is 0 Å². The minimum Gasteiger partial charge on any atom is -0.508 e. The third-order valence-electron chi connectivity index (χ3n) is 2.00. The summed E-state index contributed by atoms with van der Waals surface area (Å²) in [5.74, 6) is 0.188. The number of para-hydroxylation sites is 1. The zero-order valence-corrected chi connectivity index (χ0v) is 7.14. The van der Waals surface area contributed by atoms with Gasteiger partial charge in [-0.1, -0.05) is 23.2 Å². The molecule has 2 rings (SSSR count). The van der Waals surface area contributed by atoms with Crippen molar-refractivity contribution < 1.29 is 19.9 Å². The van der Waals surface area contributed by atoms with E-state index in [0.717, 1.165) is 0 Å².